The Kier molecular flexibility index (Phi) is 3.71. The van der Waals surface area contributed by atoms with Crippen LogP contribution >= 0.6 is 0 Å². The third-order valence-corrected chi connectivity index (χ3v) is 2.83. The number of rotatable bonds is 2. The van der Waals surface area contributed by atoms with Crippen LogP contribution in [0, 0.1) is 12.7 Å². The average molecular weight is 237 g/mol. The zero-order valence-corrected chi connectivity index (χ0v) is 9.72. The SMILES string of the molecule is Cc1cccc(F)c1NC(=O)C1CNCCN1. The Morgan fingerprint density at radius 2 is 2.29 bits per heavy atom. The predicted octanol–water partition coefficient (Wildman–Crippen LogP) is 0.634. The van der Waals surface area contributed by atoms with E-state index in [1.54, 1.807) is 19.1 Å². The van der Waals surface area contributed by atoms with E-state index in [4.69, 9.17) is 0 Å². The van der Waals surface area contributed by atoms with Crippen LogP contribution in [-0.4, -0.2) is 31.6 Å². The number of carbonyl (C=O) groups is 1. The van der Waals surface area contributed by atoms with Crippen LogP contribution in [0.4, 0.5) is 10.1 Å². The van der Waals surface area contributed by atoms with Crippen molar-refractivity contribution in [2.24, 2.45) is 0 Å². The van der Waals surface area contributed by atoms with Gasteiger partial charge < -0.3 is 16.0 Å². The van der Waals surface area contributed by atoms with Gasteiger partial charge in [0.15, 0.2) is 0 Å². The van der Waals surface area contributed by atoms with Gasteiger partial charge in [-0.3, -0.25) is 4.79 Å². The van der Waals surface area contributed by atoms with Gasteiger partial charge in [-0.2, -0.15) is 0 Å². The van der Waals surface area contributed by atoms with E-state index in [1.165, 1.54) is 6.07 Å². The van der Waals surface area contributed by atoms with Gasteiger partial charge in [0.1, 0.15) is 5.82 Å². The lowest BCUT2D eigenvalue weighted by Crippen LogP contribution is -2.54. The van der Waals surface area contributed by atoms with Crippen LogP contribution in [0.3, 0.4) is 0 Å². The van der Waals surface area contributed by atoms with E-state index >= 15 is 0 Å². The maximum absolute atomic E-state index is 13.5. The first kappa shape index (κ1) is 12.0. The number of anilines is 1. The Labute approximate surface area is 99.6 Å². The summed E-state index contributed by atoms with van der Waals surface area (Å²) in [6, 6.07) is 4.43. The fraction of sp³-hybridized carbons (Fsp3) is 0.417. The first-order valence-electron chi connectivity index (χ1n) is 5.68. The minimum Gasteiger partial charge on any atom is -0.322 e. The first-order valence-corrected chi connectivity index (χ1v) is 5.68. The number of carbonyl (C=O) groups excluding carboxylic acids is 1. The number of hydrogen-bond donors (Lipinski definition) is 3. The summed E-state index contributed by atoms with van der Waals surface area (Å²) < 4.78 is 13.5. The summed E-state index contributed by atoms with van der Waals surface area (Å²) in [4.78, 5) is 11.9. The molecule has 0 bridgehead atoms. The number of nitrogens with one attached hydrogen (secondary N) is 3. The summed E-state index contributed by atoms with van der Waals surface area (Å²) in [5.74, 6) is -0.604. The molecule has 3 N–H and O–H groups in total. The number of piperazine rings is 1. The van der Waals surface area contributed by atoms with Gasteiger partial charge in [-0.25, -0.2) is 4.39 Å². The van der Waals surface area contributed by atoms with Crippen molar-refractivity contribution in [3.8, 4) is 0 Å². The second kappa shape index (κ2) is 5.25. The Morgan fingerprint density at radius 1 is 1.47 bits per heavy atom. The van der Waals surface area contributed by atoms with E-state index in [0.717, 1.165) is 18.7 Å². The lowest BCUT2D eigenvalue weighted by Gasteiger charge is -2.24. The molecular formula is C12H16FN3O. The molecule has 1 fully saturated rings. The summed E-state index contributed by atoms with van der Waals surface area (Å²) in [6.45, 7) is 3.93. The number of benzene rings is 1. The van der Waals surface area contributed by atoms with Gasteiger partial charge >= 0.3 is 0 Å². The van der Waals surface area contributed by atoms with E-state index in [-0.39, 0.29) is 17.6 Å². The molecule has 1 aliphatic rings. The summed E-state index contributed by atoms with van der Waals surface area (Å²) in [5.41, 5.74) is 0.993. The van der Waals surface area contributed by atoms with Gasteiger partial charge in [0, 0.05) is 19.6 Å². The average Bonchev–Trinajstić information content (AvgIpc) is 2.35. The molecule has 5 heteroatoms. The van der Waals surface area contributed by atoms with Gasteiger partial charge in [0.2, 0.25) is 5.91 Å². The minimum absolute atomic E-state index is 0.203. The Morgan fingerprint density at radius 3 is 2.94 bits per heavy atom. The number of aryl methyl sites for hydroxylation is 1. The standard InChI is InChI=1S/C12H16FN3O/c1-8-3-2-4-9(13)11(8)16-12(17)10-7-14-5-6-15-10/h2-4,10,14-15H,5-7H2,1H3,(H,16,17). The van der Waals surface area contributed by atoms with Crippen LogP contribution < -0.4 is 16.0 Å². The third kappa shape index (κ3) is 2.81. The van der Waals surface area contributed by atoms with Crippen LogP contribution in [0.25, 0.3) is 0 Å². The molecule has 4 nitrogen and oxygen atoms in total. The van der Waals surface area contributed by atoms with Crippen LogP contribution in [0.5, 0.6) is 0 Å². The lowest BCUT2D eigenvalue weighted by atomic mass is 10.1. The van der Waals surface area contributed by atoms with Crippen LogP contribution in [0.2, 0.25) is 0 Å². The van der Waals surface area contributed by atoms with Gasteiger partial charge in [0.05, 0.1) is 11.7 Å². The number of halogens is 1. The van der Waals surface area contributed by atoms with Crippen molar-refractivity contribution < 1.29 is 9.18 Å². The molecule has 1 heterocycles. The van der Waals surface area contributed by atoms with Crippen molar-refractivity contribution >= 4 is 11.6 Å². The van der Waals surface area contributed by atoms with E-state index in [1.807, 2.05) is 0 Å². The molecule has 1 aliphatic heterocycles. The monoisotopic (exact) mass is 237 g/mol. The van der Waals surface area contributed by atoms with Crippen molar-refractivity contribution in [1.82, 2.24) is 10.6 Å². The van der Waals surface area contributed by atoms with Gasteiger partial charge in [-0.15, -0.1) is 0 Å². The van der Waals surface area contributed by atoms with E-state index in [9.17, 15) is 9.18 Å². The van der Waals surface area contributed by atoms with Crippen molar-refractivity contribution in [1.29, 1.82) is 0 Å². The number of hydrogen-bond acceptors (Lipinski definition) is 3. The fourth-order valence-electron chi connectivity index (χ4n) is 1.84. The zero-order chi connectivity index (χ0) is 12.3. The molecule has 1 saturated heterocycles. The molecule has 0 aliphatic carbocycles. The second-order valence-electron chi connectivity index (χ2n) is 4.13. The molecule has 1 aromatic carbocycles. The molecule has 1 amide bonds. The van der Waals surface area contributed by atoms with Gasteiger partial charge in [-0.1, -0.05) is 12.1 Å². The maximum atomic E-state index is 13.5. The fourth-order valence-corrected chi connectivity index (χ4v) is 1.84. The van der Waals surface area contributed by atoms with Crippen molar-refractivity contribution in [2.45, 2.75) is 13.0 Å². The molecule has 0 spiro atoms. The summed E-state index contributed by atoms with van der Waals surface area (Å²) in [6.07, 6.45) is 0. The highest BCUT2D eigenvalue weighted by Crippen LogP contribution is 2.18. The molecule has 0 radical (unpaired) electrons. The highest BCUT2D eigenvalue weighted by atomic mass is 19.1. The minimum atomic E-state index is -0.401. The van der Waals surface area contributed by atoms with Gasteiger partial charge in [0.25, 0.3) is 0 Å². The van der Waals surface area contributed by atoms with Crippen molar-refractivity contribution in [3.63, 3.8) is 0 Å². The highest BCUT2D eigenvalue weighted by Gasteiger charge is 2.21. The summed E-state index contributed by atoms with van der Waals surface area (Å²) >= 11 is 0. The molecule has 2 rings (SSSR count). The first-order chi connectivity index (χ1) is 8.18. The smallest absolute Gasteiger partial charge is 0.242 e. The molecule has 1 unspecified atom stereocenters. The maximum Gasteiger partial charge on any atom is 0.242 e. The topological polar surface area (TPSA) is 53.2 Å². The van der Waals surface area contributed by atoms with Crippen molar-refractivity contribution in [2.75, 3.05) is 25.0 Å². The molecule has 1 aromatic rings. The lowest BCUT2D eigenvalue weighted by molar-refractivity contribution is -0.118. The Hall–Kier alpha value is -1.46. The summed E-state index contributed by atoms with van der Waals surface area (Å²) in [5, 5.41) is 8.83. The molecule has 0 aromatic heterocycles. The van der Waals surface area contributed by atoms with Crippen LogP contribution in [0.1, 0.15) is 5.56 Å². The predicted molar refractivity (Wildman–Crippen MR) is 64.4 cm³/mol. The number of para-hydroxylation sites is 1. The molecular weight excluding hydrogens is 221 g/mol. The second-order valence-corrected chi connectivity index (χ2v) is 4.13. The van der Waals surface area contributed by atoms with Crippen LogP contribution in [0.15, 0.2) is 18.2 Å². The van der Waals surface area contributed by atoms with Crippen molar-refractivity contribution in [3.05, 3.63) is 29.6 Å². The zero-order valence-electron chi connectivity index (χ0n) is 9.72. The molecule has 92 valence electrons. The largest absolute Gasteiger partial charge is 0.322 e. The van der Waals surface area contributed by atoms with E-state index in [0.29, 0.717) is 6.54 Å². The normalized spacial score (nSPS) is 20.0. The number of amides is 1. The van der Waals surface area contributed by atoms with Gasteiger partial charge in [-0.05, 0) is 18.6 Å². The highest BCUT2D eigenvalue weighted by molar-refractivity contribution is 5.95. The third-order valence-electron chi connectivity index (χ3n) is 2.83. The molecule has 17 heavy (non-hydrogen) atoms. The Bertz CT molecular complexity index is 396. The molecule has 0 saturated carbocycles. The van der Waals surface area contributed by atoms with E-state index < -0.39 is 5.82 Å². The van der Waals surface area contributed by atoms with Crippen LogP contribution in [-0.2, 0) is 4.79 Å². The quantitative estimate of drug-likeness (QED) is 0.707. The molecule has 1 atom stereocenters. The van der Waals surface area contributed by atoms with E-state index in [2.05, 4.69) is 16.0 Å². The Balaban J connectivity index is 2.07. The summed E-state index contributed by atoms with van der Waals surface area (Å²) in [7, 11) is 0.